The number of aromatic nitrogens is 1. The smallest absolute Gasteiger partial charge is 0.407 e. The number of fused-ring (bicyclic) bond motifs is 3. The molecule has 0 radical (unpaired) electrons. The molecule has 1 atom stereocenters. The lowest BCUT2D eigenvalue weighted by Crippen LogP contribution is -2.46. The number of hydrogen-bond donors (Lipinski definition) is 1. The van der Waals surface area contributed by atoms with Crippen LogP contribution in [0.1, 0.15) is 43.4 Å². The summed E-state index contributed by atoms with van der Waals surface area (Å²) in [5, 5.41) is 2.70. The molecule has 0 fully saturated rings. The van der Waals surface area contributed by atoms with E-state index in [-0.39, 0.29) is 18.9 Å². The molecule has 33 heavy (non-hydrogen) atoms. The van der Waals surface area contributed by atoms with E-state index < -0.39 is 23.7 Å². The molecule has 1 amide bonds. The fraction of sp³-hybridized carbons (Fsp3) is 0.296. The van der Waals surface area contributed by atoms with Crippen LogP contribution in [0.4, 0.5) is 4.79 Å². The van der Waals surface area contributed by atoms with Crippen molar-refractivity contribution < 1.29 is 19.1 Å². The molecule has 6 nitrogen and oxygen atoms in total. The summed E-state index contributed by atoms with van der Waals surface area (Å²) in [5.41, 5.74) is 4.71. The molecular weight excluding hydrogens is 416 g/mol. The van der Waals surface area contributed by atoms with Gasteiger partial charge in [-0.25, -0.2) is 9.59 Å². The predicted molar refractivity (Wildman–Crippen MR) is 126 cm³/mol. The van der Waals surface area contributed by atoms with E-state index in [4.69, 9.17) is 9.47 Å². The van der Waals surface area contributed by atoms with Crippen molar-refractivity contribution in [3.8, 4) is 11.1 Å². The van der Waals surface area contributed by atoms with Crippen LogP contribution in [0.15, 0.2) is 73.1 Å². The summed E-state index contributed by atoms with van der Waals surface area (Å²) >= 11 is 0. The normalized spacial score (nSPS) is 13.5. The van der Waals surface area contributed by atoms with E-state index in [1.807, 2.05) is 30.3 Å². The molecule has 170 valence electrons. The number of amides is 1. The molecule has 0 saturated carbocycles. The highest BCUT2D eigenvalue weighted by Crippen LogP contribution is 2.44. The fourth-order valence-corrected chi connectivity index (χ4v) is 4.10. The first kappa shape index (κ1) is 22.5. The van der Waals surface area contributed by atoms with Gasteiger partial charge in [-0.15, -0.1) is 0 Å². The Balaban J connectivity index is 1.46. The van der Waals surface area contributed by atoms with Crippen molar-refractivity contribution in [3.63, 3.8) is 0 Å². The quantitative estimate of drug-likeness (QED) is 0.549. The number of ether oxygens (including phenoxy) is 2. The fourth-order valence-electron chi connectivity index (χ4n) is 4.10. The van der Waals surface area contributed by atoms with Gasteiger partial charge in [0.2, 0.25) is 0 Å². The van der Waals surface area contributed by atoms with E-state index in [2.05, 4.69) is 34.6 Å². The average molecular weight is 445 g/mol. The van der Waals surface area contributed by atoms with Crippen LogP contribution in [-0.4, -0.2) is 35.3 Å². The number of pyridine rings is 1. The summed E-state index contributed by atoms with van der Waals surface area (Å²) in [6.07, 6.45) is 2.92. The van der Waals surface area contributed by atoms with Crippen LogP contribution in [0.2, 0.25) is 0 Å². The number of carbonyl (C=O) groups excluding carboxylic acids is 2. The Hall–Kier alpha value is -3.67. The van der Waals surface area contributed by atoms with Gasteiger partial charge >= 0.3 is 12.1 Å². The van der Waals surface area contributed by atoms with Gasteiger partial charge < -0.3 is 14.8 Å². The first-order valence-corrected chi connectivity index (χ1v) is 11.0. The molecule has 1 aliphatic carbocycles. The number of nitrogens with one attached hydrogen (secondary N) is 1. The van der Waals surface area contributed by atoms with E-state index in [0.29, 0.717) is 0 Å². The Labute approximate surface area is 194 Å². The average Bonchev–Trinajstić information content (AvgIpc) is 3.11. The highest BCUT2D eigenvalue weighted by Gasteiger charge is 2.31. The molecule has 1 aromatic heterocycles. The van der Waals surface area contributed by atoms with Crippen LogP contribution in [0, 0.1) is 0 Å². The Morgan fingerprint density at radius 3 is 2.18 bits per heavy atom. The highest BCUT2D eigenvalue weighted by atomic mass is 16.6. The van der Waals surface area contributed by atoms with Crippen molar-refractivity contribution in [2.24, 2.45) is 0 Å². The molecule has 0 spiro atoms. The predicted octanol–water partition coefficient (Wildman–Crippen LogP) is 4.87. The second-order valence-electron chi connectivity index (χ2n) is 9.12. The maximum absolute atomic E-state index is 12.8. The summed E-state index contributed by atoms with van der Waals surface area (Å²) in [6, 6.07) is 19.0. The molecular formula is C27H28N2O4. The van der Waals surface area contributed by atoms with E-state index in [1.54, 1.807) is 39.2 Å². The molecule has 0 bridgehead atoms. The third-order valence-electron chi connectivity index (χ3n) is 5.49. The van der Waals surface area contributed by atoms with Gasteiger partial charge in [-0.05, 0) is 54.7 Å². The Bertz CT molecular complexity index is 1090. The second kappa shape index (κ2) is 9.45. The molecule has 0 saturated heterocycles. The maximum atomic E-state index is 12.8. The summed E-state index contributed by atoms with van der Waals surface area (Å²) in [4.78, 5) is 29.6. The number of hydrogen-bond acceptors (Lipinski definition) is 5. The zero-order valence-electron chi connectivity index (χ0n) is 19.1. The third kappa shape index (κ3) is 5.40. The minimum atomic E-state index is -0.885. The van der Waals surface area contributed by atoms with Crippen LogP contribution in [-0.2, 0) is 20.7 Å². The zero-order chi connectivity index (χ0) is 23.4. The first-order chi connectivity index (χ1) is 15.8. The van der Waals surface area contributed by atoms with Crippen LogP contribution in [0.3, 0.4) is 0 Å². The lowest BCUT2D eigenvalue weighted by Gasteiger charge is -2.24. The first-order valence-electron chi connectivity index (χ1n) is 11.0. The van der Waals surface area contributed by atoms with E-state index in [9.17, 15) is 9.59 Å². The van der Waals surface area contributed by atoms with Gasteiger partial charge in [-0.1, -0.05) is 54.6 Å². The maximum Gasteiger partial charge on any atom is 0.407 e. The Morgan fingerprint density at radius 1 is 0.970 bits per heavy atom. The topological polar surface area (TPSA) is 77.5 Å². The molecule has 3 aromatic rings. The van der Waals surface area contributed by atoms with E-state index >= 15 is 0 Å². The SMILES string of the molecule is CC(C)(C)OC(=O)C(Cc1cccnc1)NC(=O)OCC1c2ccccc2-c2ccccc21. The third-order valence-corrected chi connectivity index (χ3v) is 5.49. The van der Waals surface area contributed by atoms with Crippen LogP contribution in [0.5, 0.6) is 0 Å². The van der Waals surface area contributed by atoms with Crippen molar-refractivity contribution in [2.45, 2.75) is 44.8 Å². The van der Waals surface area contributed by atoms with E-state index in [0.717, 1.165) is 27.8 Å². The van der Waals surface area contributed by atoms with Gasteiger partial charge in [0, 0.05) is 24.7 Å². The van der Waals surface area contributed by atoms with Gasteiger partial charge in [-0.2, -0.15) is 0 Å². The largest absolute Gasteiger partial charge is 0.458 e. The lowest BCUT2D eigenvalue weighted by atomic mass is 9.98. The lowest BCUT2D eigenvalue weighted by molar-refractivity contribution is -0.157. The number of carbonyl (C=O) groups is 2. The number of benzene rings is 2. The number of alkyl carbamates (subject to hydrolysis) is 1. The standard InChI is InChI=1S/C27H28N2O4/c1-27(2,3)33-25(30)24(15-18-9-8-14-28-16-18)29-26(31)32-17-23-21-12-6-4-10-19(21)20-11-5-7-13-22(20)23/h4-14,16,23-24H,15,17H2,1-3H3,(H,29,31). The number of esters is 1. The summed E-state index contributed by atoms with van der Waals surface area (Å²) in [5.74, 6) is -0.568. The molecule has 1 aliphatic rings. The van der Waals surface area contributed by atoms with Crippen LogP contribution >= 0.6 is 0 Å². The monoisotopic (exact) mass is 444 g/mol. The molecule has 4 rings (SSSR count). The molecule has 2 aromatic carbocycles. The molecule has 1 N–H and O–H groups in total. The Morgan fingerprint density at radius 2 is 1.61 bits per heavy atom. The van der Waals surface area contributed by atoms with Gasteiger partial charge in [0.05, 0.1) is 0 Å². The highest BCUT2D eigenvalue weighted by molar-refractivity contribution is 5.82. The van der Waals surface area contributed by atoms with Crippen molar-refractivity contribution in [1.82, 2.24) is 10.3 Å². The summed E-state index contributed by atoms with van der Waals surface area (Å²) in [7, 11) is 0. The van der Waals surface area contributed by atoms with Gasteiger partial charge in [0.15, 0.2) is 0 Å². The van der Waals surface area contributed by atoms with Gasteiger partial charge in [0.25, 0.3) is 0 Å². The molecule has 0 aliphatic heterocycles. The van der Waals surface area contributed by atoms with Crippen molar-refractivity contribution >= 4 is 12.1 Å². The molecule has 1 unspecified atom stereocenters. The second-order valence-corrected chi connectivity index (χ2v) is 9.12. The van der Waals surface area contributed by atoms with Crippen LogP contribution in [0.25, 0.3) is 11.1 Å². The number of nitrogens with zero attached hydrogens (tertiary/aromatic N) is 1. The van der Waals surface area contributed by atoms with Gasteiger partial charge in [-0.3, -0.25) is 4.98 Å². The zero-order valence-corrected chi connectivity index (χ0v) is 19.1. The molecule has 6 heteroatoms. The van der Waals surface area contributed by atoms with Crippen molar-refractivity contribution in [3.05, 3.63) is 89.7 Å². The molecule has 1 heterocycles. The Kier molecular flexibility index (Phi) is 6.45. The van der Waals surface area contributed by atoms with Crippen LogP contribution < -0.4 is 5.32 Å². The number of rotatable bonds is 6. The van der Waals surface area contributed by atoms with Crippen molar-refractivity contribution in [1.29, 1.82) is 0 Å². The van der Waals surface area contributed by atoms with Gasteiger partial charge in [0.1, 0.15) is 18.2 Å². The minimum Gasteiger partial charge on any atom is -0.458 e. The minimum absolute atomic E-state index is 0.0542. The summed E-state index contributed by atoms with van der Waals surface area (Å²) in [6.45, 7) is 5.55. The summed E-state index contributed by atoms with van der Waals surface area (Å²) < 4.78 is 11.1. The van der Waals surface area contributed by atoms with Crippen molar-refractivity contribution in [2.75, 3.05) is 6.61 Å². The van der Waals surface area contributed by atoms with E-state index in [1.165, 1.54) is 0 Å².